The van der Waals surface area contributed by atoms with Crippen molar-refractivity contribution < 1.29 is 17.9 Å². The molecular weight excluding hydrogens is 245 g/mol. The van der Waals surface area contributed by atoms with Crippen LogP contribution in [-0.4, -0.2) is 13.2 Å². The number of ether oxygens (including phenoxy) is 1. The lowest BCUT2D eigenvalue weighted by molar-refractivity contribution is -0.137. The fraction of sp³-hybridized carbons (Fsp3) is 0.500. The molecule has 6 heteroatoms. The van der Waals surface area contributed by atoms with Crippen molar-refractivity contribution in [2.75, 3.05) is 13.2 Å². The normalized spacial score (nSPS) is 13.6. The second-order valence-electron chi connectivity index (χ2n) is 3.82. The SMILES string of the molecule is CCOCCC(NN)c1ccc(C(F)(F)F)cc1. The Kier molecular flexibility index (Phi) is 5.58. The Morgan fingerprint density at radius 2 is 1.89 bits per heavy atom. The molecule has 18 heavy (non-hydrogen) atoms. The number of benzene rings is 1. The summed E-state index contributed by atoms with van der Waals surface area (Å²) in [6, 6.07) is 4.76. The smallest absolute Gasteiger partial charge is 0.382 e. The van der Waals surface area contributed by atoms with Crippen LogP contribution in [0.4, 0.5) is 13.2 Å². The Labute approximate surface area is 104 Å². The van der Waals surface area contributed by atoms with Crippen molar-refractivity contribution in [2.45, 2.75) is 25.6 Å². The van der Waals surface area contributed by atoms with Gasteiger partial charge in [0.15, 0.2) is 0 Å². The molecule has 3 nitrogen and oxygen atoms in total. The molecule has 3 N–H and O–H groups in total. The van der Waals surface area contributed by atoms with Crippen LogP contribution < -0.4 is 11.3 Å². The third-order valence-corrected chi connectivity index (χ3v) is 2.60. The Bertz CT molecular complexity index is 351. The van der Waals surface area contributed by atoms with Crippen LogP contribution in [0.3, 0.4) is 0 Å². The van der Waals surface area contributed by atoms with E-state index in [0.29, 0.717) is 25.2 Å². The van der Waals surface area contributed by atoms with E-state index in [4.69, 9.17) is 10.6 Å². The standard InChI is InChI=1S/C12H17F3N2O/c1-2-18-8-7-11(17-16)9-3-5-10(6-4-9)12(13,14)15/h3-6,11,17H,2,7-8,16H2,1H3. The summed E-state index contributed by atoms with van der Waals surface area (Å²) in [4.78, 5) is 0. The summed E-state index contributed by atoms with van der Waals surface area (Å²) in [6.07, 6.45) is -3.70. The first-order valence-electron chi connectivity index (χ1n) is 5.70. The highest BCUT2D eigenvalue weighted by Crippen LogP contribution is 2.30. The van der Waals surface area contributed by atoms with Gasteiger partial charge in [-0.15, -0.1) is 0 Å². The molecule has 1 rings (SSSR count). The van der Waals surface area contributed by atoms with Crippen molar-refractivity contribution in [3.05, 3.63) is 35.4 Å². The van der Waals surface area contributed by atoms with Gasteiger partial charge in [-0.3, -0.25) is 11.3 Å². The van der Waals surface area contributed by atoms with Gasteiger partial charge in [0, 0.05) is 19.3 Å². The Balaban J connectivity index is 2.69. The van der Waals surface area contributed by atoms with E-state index < -0.39 is 11.7 Å². The molecule has 0 aliphatic carbocycles. The van der Waals surface area contributed by atoms with Crippen LogP contribution in [0.2, 0.25) is 0 Å². The first-order chi connectivity index (χ1) is 8.49. The summed E-state index contributed by atoms with van der Waals surface area (Å²) in [5.41, 5.74) is 2.63. The molecule has 0 fully saturated rings. The molecule has 102 valence electrons. The summed E-state index contributed by atoms with van der Waals surface area (Å²) < 4.78 is 42.4. The predicted molar refractivity (Wildman–Crippen MR) is 62.6 cm³/mol. The van der Waals surface area contributed by atoms with Gasteiger partial charge in [-0.1, -0.05) is 12.1 Å². The number of alkyl halides is 3. The van der Waals surface area contributed by atoms with Crippen molar-refractivity contribution >= 4 is 0 Å². The first kappa shape index (κ1) is 14.9. The van der Waals surface area contributed by atoms with E-state index in [1.807, 2.05) is 6.92 Å². The molecule has 0 bridgehead atoms. The van der Waals surface area contributed by atoms with E-state index in [9.17, 15) is 13.2 Å². The minimum atomic E-state index is -4.31. The van der Waals surface area contributed by atoms with E-state index in [-0.39, 0.29) is 6.04 Å². The van der Waals surface area contributed by atoms with Crippen molar-refractivity contribution in [1.82, 2.24) is 5.43 Å². The molecular formula is C12H17F3N2O. The van der Waals surface area contributed by atoms with Gasteiger partial charge in [-0.25, -0.2) is 0 Å². The van der Waals surface area contributed by atoms with Crippen LogP contribution in [0, 0.1) is 0 Å². The third kappa shape index (κ3) is 4.29. The summed E-state index contributed by atoms with van der Waals surface area (Å²) in [7, 11) is 0. The maximum atomic E-state index is 12.4. The largest absolute Gasteiger partial charge is 0.416 e. The molecule has 0 aromatic heterocycles. The summed E-state index contributed by atoms with van der Waals surface area (Å²) in [6.45, 7) is 2.99. The van der Waals surface area contributed by atoms with E-state index in [0.717, 1.165) is 12.1 Å². The van der Waals surface area contributed by atoms with Crippen LogP contribution in [0.15, 0.2) is 24.3 Å². The van der Waals surface area contributed by atoms with Crippen molar-refractivity contribution in [1.29, 1.82) is 0 Å². The number of hydrogen-bond donors (Lipinski definition) is 2. The van der Waals surface area contributed by atoms with Crippen molar-refractivity contribution in [3.8, 4) is 0 Å². The molecule has 0 radical (unpaired) electrons. The third-order valence-electron chi connectivity index (χ3n) is 2.60. The lowest BCUT2D eigenvalue weighted by Crippen LogP contribution is -2.29. The molecule has 1 aromatic rings. The highest BCUT2D eigenvalue weighted by atomic mass is 19.4. The molecule has 0 aliphatic rings. The van der Waals surface area contributed by atoms with Crippen molar-refractivity contribution in [3.63, 3.8) is 0 Å². The lowest BCUT2D eigenvalue weighted by atomic mass is 10.0. The van der Waals surface area contributed by atoms with Crippen LogP contribution in [-0.2, 0) is 10.9 Å². The number of halogens is 3. The molecule has 1 unspecified atom stereocenters. The zero-order valence-electron chi connectivity index (χ0n) is 10.1. The van der Waals surface area contributed by atoms with Crippen LogP contribution in [0.1, 0.15) is 30.5 Å². The molecule has 1 aromatic carbocycles. The van der Waals surface area contributed by atoms with Gasteiger partial charge >= 0.3 is 6.18 Å². The summed E-state index contributed by atoms with van der Waals surface area (Å²) >= 11 is 0. The van der Waals surface area contributed by atoms with E-state index >= 15 is 0 Å². The average Bonchev–Trinajstić information content (AvgIpc) is 2.34. The molecule has 0 heterocycles. The van der Waals surface area contributed by atoms with Gasteiger partial charge in [-0.2, -0.15) is 13.2 Å². The molecule has 0 amide bonds. The second-order valence-corrected chi connectivity index (χ2v) is 3.82. The minimum Gasteiger partial charge on any atom is -0.382 e. The predicted octanol–water partition coefficient (Wildman–Crippen LogP) is 2.64. The number of hydrogen-bond acceptors (Lipinski definition) is 3. The van der Waals surface area contributed by atoms with Gasteiger partial charge in [0.1, 0.15) is 0 Å². The molecule has 0 saturated heterocycles. The Hall–Kier alpha value is -1.11. The number of rotatable bonds is 6. The number of nitrogens with two attached hydrogens (primary N) is 1. The average molecular weight is 262 g/mol. The maximum absolute atomic E-state index is 12.4. The minimum absolute atomic E-state index is 0.209. The van der Waals surface area contributed by atoms with Gasteiger partial charge in [0.2, 0.25) is 0 Å². The van der Waals surface area contributed by atoms with Crippen LogP contribution >= 0.6 is 0 Å². The number of hydrazine groups is 1. The monoisotopic (exact) mass is 262 g/mol. The van der Waals surface area contributed by atoms with Crippen molar-refractivity contribution in [2.24, 2.45) is 5.84 Å². The van der Waals surface area contributed by atoms with E-state index in [1.165, 1.54) is 12.1 Å². The van der Waals surface area contributed by atoms with Gasteiger partial charge < -0.3 is 4.74 Å². The quantitative estimate of drug-likeness (QED) is 0.470. The molecule has 0 spiro atoms. The zero-order chi connectivity index (χ0) is 13.6. The van der Waals surface area contributed by atoms with Crippen LogP contribution in [0.25, 0.3) is 0 Å². The van der Waals surface area contributed by atoms with Gasteiger partial charge in [-0.05, 0) is 31.0 Å². The molecule has 0 saturated carbocycles. The van der Waals surface area contributed by atoms with Crippen LogP contribution in [0.5, 0.6) is 0 Å². The fourth-order valence-corrected chi connectivity index (χ4v) is 1.60. The zero-order valence-corrected chi connectivity index (χ0v) is 10.1. The highest BCUT2D eigenvalue weighted by Gasteiger charge is 2.30. The summed E-state index contributed by atoms with van der Waals surface area (Å²) in [5.74, 6) is 5.38. The Morgan fingerprint density at radius 3 is 2.33 bits per heavy atom. The molecule has 1 atom stereocenters. The maximum Gasteiger partial charge on any atom is 0.416 e. The van der Waals surface area contributed by atoms with E-state index in [1.54, 1.807) is 0 Å². The van der Waals surface area contributed by atoms with Gasteiger partial charge in [0.25, 0.3) is 0 Å². The summed E-state index contributed by atoms with van der Waals surface area (Å²) in [5, 5.41) is 0. The first-order valence-corrected chi connectivity index (χ1v) is 5.70. The fourth-order valence-electron chi connectivity index (χ4n) is 1.60. The lowest BCUT2D eigenvalue weighted by Gasteiger charge is -2.17. The van der Waals surface area contributed by atoms with Gasteiger partial charge in [0.05, 0.1) is 5.56 Å². The molecule has 0 aliphatic heterocycles. The Morgan fingerprint density at radius 1 is 1.28 bits per heavy atom. The highest BCUT2D eigenvalue weighted by molar-refractivity contribution is 5.26. The number of nitrogens with one attached hydrogen (secondary N) is 1. The second kappa shape index (κ2) is 6.72. The van der Waals surface area contributed by atoms with E-state index in [2.05, 4.69) is 5.43 Å². The topological polar surface area (TPSA) is 47.3 Å².